The van der Waals surface area contributed by atoms with Crippen LogP contribution < -0.4 is 15.8 Å². The van der Waals surface area contributed by atoms with Gasteiger partial charge >= 0.3 is 0 Å². The van der Waals surface area contributed by atoms with Gasteiger partial charge in [-0.25, -0.2) is 0 Å². The summed E-state index contributed by atoms with van der Waals surface area (Å²) in [5.41, 5.74) is 6.96. The van der Waals surface area contributed by atoms with E-state index in [0.29, 0.717) is 37.8 Å². The number of anilines is 1. The molecular weight excluding hydrogens is 260 g/mol. The first-order valence-electron chi connectivity index (χ1n) is 6.47. The third-order valence-electron chi connectivity index (χ3n) is 2.45. The normalized spacial score (nSPS) is 10.3. The van der Waals surface area contributed by atoms with Crippen molar-refractivity contribution in [2.24, 2.45) is 5.73 Å². The van der Waals surface area contributed by atoms with Gasteiger partial charge in [0.1, 0.15) is 19.0 Å². The second kappa shape index (κ2) is 9.30. The van der Waals surface area contributed by atoms with E-state index in [1.165, 1.54) is 0 Å². The molecule has 0 unspecified atom stereocenters. The fourth-order valence-electron chi connectivity index (χ4n) is 1.52. The predicted molar refractivity (Wildman–Crippen MR) is 77.1 cm³/mol. The van der Waals surface area contributed by atoms with Gasteiger partial charge < -0.3 is 25.3 Å². The van der Waals surface area contributed by atoms with E-state index >= 15 is 0 Å². The second-order valence-corrected chi connectivity index (χ2v) is 4.23. The monoisotopic (exact) mass is 282 g/mol. The summed E-state index contributed by atoms with van der Waals surface area (Å²) in [6.07, 6.45) is 0. The molecular formula is C14H22N2O4. The van der Waals surface area contributed by atoms with Gasteiger partial charge in [0.25, 0.3) is 0 Å². The molecule has 3 N–H and O–H groups in total. The van der Waals surface area contributed by atoms with Crippen LogP contribution in [0.5, 0.6) is 5.75 Å². The fourth-order valence-corrected chi connectivity index (χ4v) is 1.52. The number of nitrogens with one attached hydrogen (secondary N) is 1. The molecule has 6 nitrogen and oxygen atoms in total. The molecule has 0 saturated carbocycles. The van der Waals surface area contributed by atoms with Crippen molar-refractivity contribution in [3.63, 3.8) is 0 Å². The highest BCUT2D eigenvalue weighted by molar-refractivity contribution is 5.93. The summed E-state index contributed by atoms with van der Waals surface area (Å²) < 4.78 is 15.6. The van der Waals surface area contributed by atoms with E-state index in [4.69, 9.17) is 19.9 Å². The third-order valence-corrected chi connectivity index (χ3v) is 2.45. The van der Waals surface area contributed by atoms with Crippen LogP contribution in [0.15, 0.2) is 18.2 Å². The van der Waals surface area contributed by atoms with Crippen molar-refractivity contribution in [2.75, 3.05) is 45.4 Å². The molecule has 0 fully saturated rings. The molecule has 1 aromatic rings. The first kappa shape index (κ1) is 16.4. The number of benzene rings is 1. The van der Waals surface area contributed by atoms with E-state index in [1.54, 1.807) is 13.2 Å². The van der Waals surface area contributed by atoms with E-state index < -0.39 is 0 Å². The number of methoxy groups -OCH3 is 1. The molecule has 0 aliphatic carbocycles. The lowest BCUT2D eigenvalue weighted by Crippen LogP contribution is -2.21. The van der Waals surface area contributed by atoms with Gasteiger partial charge in [0, 0.05) is 13.7 Å². The average Bonchev–Trinajstić information content (AvgIpc) is 2.42. The number of carbonyl (C=O) groups excluding carboxylic acids is 1. The van der Waals surface area contributed by atoms with E-state index in [1.807, 2.05) is 19.1 Å². The highest BCUT2D eigenvalue weighted by Crippen LogP contribution is 2.25. The quantitative estimate of drug-likeness (QED) is 0.658. The Morgan fingerprint density at radius 2 is 2.10 bits per heavy atom. The molecule has 0 heterocycles. The molecule has 0 aliphatic heterocycles. The van der Waals surface area contributed by atoms with Crippen molar-refractivity contribution in [3.8, 4) is 5.75 Å². The summed E-state index contributed by atoms with van der Waals surface area (Å²) in [7, 11) is 1.61. The Hall–Kier alpha value is -1.63. The zero-order valence-electron chi connectivity index (χ0n) is 12.0. The Morgan fingerprint density at radius 3 is 2.80 bits per heavy atom. The molecule has 1 amide bonds. The summed E-state index contributed by atoms with van der Waals surface area (Å²) in [5, 5.41) is 2.75. The minimum absolute atomic E-state index is 0.0252. The maximum atomic E-state index is 11.7. The molecule has 0 radical (unpaired) electrons. The van der Waals surface area contributed by atoms with Gasteiger partial charge in [-0.2, -0.15) is 0 Å². The molecule has 112 valence electrons. The van der Waals surface area contributed by atoms with Gasteiger partial charge in [0.2, 0.25) is 5.91 Å². The molecule has 0 saturated heterocycles. The molecule has 1 aromatic carbocycles. The summed E-state index contributed by atoms with van der Waals surface area (Å²) in [6.45, 7) is 3.59. The summed E-state index contributed by atoms with van der Waals surface area (Å²) >= 11 is 0. The van der Waals surface area contributed by atoms with Gasteiger partial charge in [-0.1, -0.05) is 6.07 Å². The number of carbonyl (C=O) groups is 1. The summed E-state index contributed by atoms with van der Waals surface area (Å²) in [4.78, 5) is 11.7. The summed E-state index contributed by atoms with van der Waals surface area (Å²) in [5.74, 6) is 0.383. The Balaban J connectivity index is 2.60. The van der Waals surface area contributed by atoms with Gasteiger partial charge in [0.05, 0.1) is 18.9 Å². The molecule has 0 aliphatic rings. The minimum atomic E-state index is -0.237. The fraction of sp³-hybridized carbons (Fsp3) is 0.500. The van der Waals surface area contributed by atoms with Crippen LogP contribution >= 0.6 is 0 Å². The van der Waals surface area contributed by atoms with Gasteiger partial charge in [-0.05, 0) is 24.6 Å². The van der Waals surface area contributed by atoms with Crippen LogP contribution in [-0.4, -0.2) is 46.0 Å². The van der Waals surface area contributed by atoms with Crippen LogP contribution in [0.4, 0.5) is 5.69 Å². The molecule has 20 heavy (non-hydrogen) atoms. The van der Waals surface area contributed by atoms with Crippen LogP contribution in [0, 0.1) is 6.92 Å². The average molecular weight is 282 g/mol. The van der Waals surface area contributed by atoms with Crippen LogP contribution in [0.1, 0.15) is 5.56 Å². The lowest BCUT2D eigenvalue weighted by molar-refractivity contribution is -0.120. The van der Waals surface area contributed by atoms with E-state index in [0.717, 1.165) is 5.56 Å². The van der Waals surface area contributed by atoms with Crippen LogP contribution in [0.25, 0.3) is 0 Å². The zero-order valence-corrected chi connectivity index (χ0v) is 12.0. The molecule has 0 bridgehead atoms. The predicted octanol–water partition coefficient (Wildman–Crippen LogP) is 0.934. The lowest BCUT2D eigenvalue weighted by Gasteiger charge is -2.13. The van der Waals surface area contributed by atoms with Crippen molar-refractivity contribution in [3.05, 3.63) is 23.8 Å². The maximum absolute atomic E-state index is 11.7. The van der Waals surface area contributed by atoms with Crippen LogP contribution in [0.3, 0.4) is 0 Å². The third kappa shape index (κ3) is 6.01. The largest absolute Gasteiger partial charge is 0.489 e. The number of nitrogens with two attached hydrogens (primary N) is 1. The number of aryl methyl sites for hydroxylation is 1. The highest BCUT2D eigenvalue weighted by Gasteiger charge is 2.08. The smallest absolute Gasteiger partial charge is 0.250 e. The first-order valence-corrected chi connectivity index (χ1v) is 6.47. The van der Waals surface area contributed by atoms with Crippen molar-refractivity contribution in [2.45, 2.75) is 6.92 Å². The SMILES string of the molecule is COCCOc1cc(C)ccc1NC(=O)COCCN. The molecule has 0 atom stereocenters. The molecule has 1 rings (SSSR count). The second-order valence-electron chi connectivity index (χ2n) is 4.23. The first-order chi connectivity index (χ1) is 9.67. The summed E-state index contributed by atoms with van der Waals surface area (Å²) in [6, 6.07) is 5.57. The Labute approximate surface area is 119 Å². The van der Waals surface area contributed by atoms with Gasteiger partial charge in [0.15, 0.2) is 0 Å². The van der Waals surface area contributed by atoms with E-state index in [2.05, 4.69) is 5.32 Å². The Bertz CT molecular complexity index is 424. The molecule has 0 spiro atoms. The molecule has 6 heteroatoms. The standard InChI is InChI=1S/C14H22N2O4/c1-11-3-4-12(13(9-11)20-8-7-18-2)16-14(17)10-19-6-5-15/h3-4,9H,5-8,10,15H2,1-2H3,(H,16,17). The topological polar surface area (TPSA) is 82.8 Å². The van der Waals surface area contributed by atoms with Crippen molar-refractivity contribution in [1.29, 1.82) is 0 Å². The zero-order chi connectivity index (χ0) is 14.8. The Morgan fingerprint density at radius 1 is 1.30 bits per heavy atom. The van der Waals surface area contributed by atoms with Crippen molar-refractivity contribution >= 4 is 11.6 Å². The van der Waals surface area contributed by atoms with Crippen molar-refractivity contribution < 1.29 is 19.0 Å². The van der Waals surface area contributed by atoms with Crippen LogP contribution in [-0.2, 0) is 14.3 Å². The lowest BCUT2D eigenvalue weighted by atomic mass is 10.2. The van der Waals surface area contributed by atoms with Gasteiger partial charge in [-0.3, -0.25) is 4.79 Å². The number of ether oxygens (including phenoxy) is 3. The van der Waals surface area contributed by atoms with Crippen molar-refractivity contribution in [1.82, 2.24) is 0 Å². The molecule has 0 aromatic heterocycles. The van der Waals surface area contributed by atoms with Gasteiger partial charge in [-0.15, -0.1) is 0 Å². The number of hydrogen-bond donors (Lipinski definition) is 2. The van der Waals surface area contributed by atoms with E-state index in [9.17, 15) is 4.79 Å². The minimum Gasteiger partial charge on any atom is -0.489 e. The number of hydrogen-bond acceptors (Lipinski definition) is 5. The highest BCUT2D eigenvalue weighted by atomic mass is 16.5. The Kier molecular flexibility index (Phi) is 7.64. The van der Waals surface area contributed by atoms with E-state index in [-0.39, 0.29) is 12.5 Å². The maximum Gasteiger partial charge on any atom is 0.250 e. The van der Waals surface area contributed by atoms with Crippen LogP contribution in [0.2, 0.25) is 0 Å². The number of amides is 1. The number of rotatable bonds is 9.